The molecule has 0 fully saturated rings. The summed E-state index contributed by atoms with van der Waals surface area (Å²) in [5.41, 5.74) is 3.17. The Labute approximate surface area is 235 Å². The van der Waals surface area contributed by atoms with Gasteiger partial charge in [-0.05, 0) is 71.3 Å². The smallest absolute Gasteiger partial charge is 0.489 e. The van der Waals surface area contributed by atoms with E-state index in [1.807, 2.05) is 10.8 Å². The first-order valence-electron chi connectivity index (χ1n) is 12.8. The summed E-state index contributed by atoms with van der Waals surface area (Å²) in [5.74, 6) is -2.39. The van der Waals surface area contributed by atoms with Crippen molar-refractivity contribution in [3.05, 3.63) is 77.4 Å². The topological polar surface area (TPSA) is 119 Å². The lowest BCUT2D eigenvalue weighted by Crippen LogP contribution is -2.44. The van der Waals surface area contributed by atoms with Crippen molar-refractivity contribution in [3.8, 4) is 22.6 Å². The third kappa shape index (κ3) is 7.44. The Morgan fingerprint density at radius 3 is 2.32 bits per heavy atom. The number of Topliss-reactive ketones (excluding diaryl/α,β-unsaturated/α-hetero) is 1. The Morgan fingerprint density at radius 2 is 1.68 bits per heavy atom. The largest absolute Gasteiger partial charge is 0.573 e. The Hall–Kier alpha value is -3.90. The molecule has 0 spiro atoms. The van der Waals surface area contributed by atoms with Gasteiger partial charge >= 0.3 is 12.3 Å². The third-order valence-corrected chi connectivity index (χ3v) is 8.07. The van der Waals surface area contributed by atoms with Crippen LogP contribution in [0.2, 0.25) is 0 Å². The SMILES string of the molecule is CC(C)[C@@H](NS(=O)(=O)c1ccc(-c2ccc(COc3ccc4c(c3)CCCC4=O)cc2)cc1OC(F)(F)F)C(=O)O. The van der Waals surface area contributed by atoms with E-state index in [2.05, 4.69) is 4.74 Å². The molecule has 0 saturated carbocycles. The zero-order valence-electron chi connectivity index (χ0n) is 22.2. The van der Waals surface area contributed by atoms with Crippen LogP contribution in [0.25, 0.3) is 11.1 Å². The fourth-order valence-corrected chi connectivity index (χ4v) is 5.94. The number of nitrogens with one attached hydrogen (secondary N) is 1. The number of hydrogen-bond acceptors (Lipinski definition) is 6. The number of benzene rings is 3. The molecule has 1 aliphatic carbocycles. The molecule has 41 heavy (non-hydrogen) atoms. The molecule has 0 bridgehead atoms. The number of carboxylic acid groups (broad SMARTS) is 1. The number of aliphatic carboxylic acids is 1. The van der Waals surface area contributed by atoms with E-state index in [1.165, 1.54) is 19.9 Å². The predicted molar refractivity (Wildman–Crippen MR) is 143 cm³/mol. The summed E-state index contributed by atoms with van der Waals surface area (Å²) in [6, 6.07) is 13.7. The molecule has 12 heteroatoms. The monoisotopic (exact) mass is 591 g/mol. The minimum absolute atomic E-state index is 0.124. The molecule has 3 aromatic carbocycles. The molecule has 3 aromatic rings. The van der Waals surface area contributed by atoms with Crippen LogP contribution in [-0.4, -0.2) is 37.7 Å². The number of alkyl halides is 3. The summed E-state index contributed by atoms with van der Waals surface area (Å²) in [4.78, 5) is 22.6. The normalized spacial score (nSPS) is 14.4. The van der Waals surface area contributed by atoms with Gasteiger partial charge in [0.1, 0.15) is 29.0 Å². The minimum atomic E-state index is -5.20. The van der Waals surface area contributed by atoms with Crippen LogP contribution in [0, 0.1) is 5.92 Å². The van der Waals surface area contributed by atoms with Crippen LogP contribution in [0.3, 0.4) is 0 Å². The van der Waals surface area contributed by atoms with E-state index in [1.54, 1.807) is 36.4 Å². The van der Waals surface area contributed by atoms with Crippen molar-refractivity contribution in [2.45, 2.75) is 57.0 Å². The Balaban J connectivity index is 1.54. The first kappa shape index (κ1) is 30.1. The van der Waals surface area contributed by atoms with Crippen molar-refractivity contribution in [2.24, 2.45) is 5.92 Å². The van der Waals surface area contributed by atoms with E-state index >= 15 is 0 Å². The van der Waals surface area contributed by atoms with Crippen LogP contribution in [0.5, 0.6) is 11.5 Å². The van der Waals surface area contributed by atoms with Gasteiger partial charge in [0.2, 0.25) is 10.0 Å². The van der Waals surface area contributed by atoms with Gasteiger partial charge < -0.3 is 14.6 Å². The van der Waals surface area contributed by atoms with Crippen molar-refractivity contribution in [1.82, 2.24) is 4.72 Å². The number of carbonyl (C=O) groups is 2. The highest BCUT2D eigenvalue weighted by Gasteiger charge is 2.36. The van der Waals surface area contributed by atoms with Crippen LogP contribution in [0.1, 0.15) is 48.2 Å². The summed E-state index contributed by atoms with van der Waals surface area (Å²) < 4.78 is 77.2. The summed E-state index contributed by atoms with van der Waals surface area (Å²) in [6.45, 7) is 3.13. The van der Waals surface area contributed by atoms with Crippen LogP contribution in [-0.2, 0) is 27.8 Å². The molecule has 0 amide bonds. The standard InChI is InChI=1S/C29H28F3NO7S/c1-17(2)27(28(35)36)33-41(37,38)26-13-10-20(15-25(26)40-29(30,31)32)19-8-6-18(7-9-19)16-39-22-11-12-23-21(14-22)4-3-5-24(23)34/h6-15,17,27,33H,3-5,16H2,1-2H3,(H,35,36)/t27-/m1/s1. The number of ether oxygens (including phenoxy) is 2. The van der Waals surface area contributed by atoms with Gasteiger partial charge in [-0.2, -0.15) is 4.72 Å². The third-order valence-electron chi connectivity index (χ3n) is 6.59. The van der Waals surface area contributed by atoms with Gasteiger partial charge in [0.05, 0.1) is 0 Å². The zero-order chi connectivity index (χ0) is 29.9. The molecule has 8 nitrogen and oxygen atoms in total. The lowest BCUT2D eigenvalue weighted by atomic mass is 9.90. The molecule has 0 aliphatic heterocycles. The summed E-state index contributed by atoms with van der Waals surface area (Å²) >= 11 is 0. The van der Waals surface area contributed by atoms with Crippen molar-refractivity contribution in [2.75, 3.05) is 0 Å². The number of sulfonamides is 1. The van der Waals surface area contributed by atoms with Gasteiger partial charge in [-0.15, -0.1) is 13.2 Å². The van der Waals surface area contributed by atoms with Crippen LogP contribution >= 0.6 is 0 Å². The van der Waals surface area contributed by atoms with Gasteiger partial charge in [-0.25, -0.2) is 8.42 Å². The Morgan fingerprint density at radius 1 is 1.00 bits per heavy atom. The summed E-state index contributed by atoms with van der Waals surface area (Å²) in [5, 5.41) is 9.33. The van der Waals surface area contributed by atoms with Crippen molar-refractivity contribution in [1.29, 1.82) is 0 Å². The summed E-state index contributed by atoms with van der Waals surface area (Å²) in [6.07, 6.45) is -3.04. The molecule has 0 heterocycles. The van der Waals surface area contributed by atoms with Crippen molar-refractivity contribution >= 4 is 21.8 Å². The van der Waals surface area contributed by atoms with Crippen LogP contribution in [0.15, 0.2) is 65.6 Å². The maximum absolute atomic E-state index is 13.2. The molecule has 0 radical (unpaired) electrons. The van der Waals surface area contributed by atoms with E-state index in [0.29, 0.717) is 17.7 Å². The van der Waals surface area contributed by atoms with Crippen LogP contribution < -0.4 is 14.2 Å². The lowest BCUT2D eigenvalue weighted by molar-refractivity contribution is -0.275. The highest BCUT2D eigenvalue weighted by Crippen LogP contribution is 2.34. The van der Waals surface area contributed by atoms with Crippen LogP contribution in [0.4, 0.5) is 13.2 Å². The zero-order valence-corrected chi connectivity index (χ0v) is 23.0. The second kappa shape index (κ2) is 11.9. The fraction of sp³-hybridized carbons (Fsp3) is 0.310. The van der Waals surface area contributed by atoms with Gasteiger partial charge in [-0.3, -0.25) is 9.59 Å². The molecular formula is C29H28F3NO7S. The maximum atomic E-state index is 13.2. The van der Waals surface area contributed by atoms with E-state index in [4.69, 9.17) is 4.74 Å². The number of aryl methyl sites for hydroxylation is 1. The average Bonchev–Trinajstić information content (AvgIpc) is 2.89. The summed E-state index contributed by atoms with van der Waals surface area (Å²) in [7, 11) is -4.69. The Kier molecular flexibility index (Phi) is 8.74. The fourth-order valence-electron chi connectivity index (χ4n) is 4.49. The predicted octanol–water partition coefficient (Wildman–Crippen LogP) is 5.74. The first-order chi connectivity index (χ1) is 19.2. The molecule has 1 aliphatic rings. The molecule has 0 aromatic heterocycles. The molecule has 0 unspecified atom stereocenters. The van der Waals surface area contributed by atoms with E-state index in [9.17, 15) is 36.3 Å². The van der Waals surface area contributed by atoms with Gasteiger partial charge in [-0.1, -0.05) is 44.2 Å². The molecule has 0 saturated heterocycles. The number of carboxylic acids is 1. The van der Waals surface area contributed by atoms with E-state index in [0.717, 1.165) is 41.7 Å². The van der Waals surface area contributed by atoms with Gasteiger partial charge in [0.15, 0.2) is 5.78 Å². The Bertz CT molecular complexity index is 1550. The van der Waals surface area contributed by atoms with Crippen molar-refractivity contribution in [3.63, 3.8) is 0 Å². The second-order valence-corrected chi connectivity index (χ2v) is 11.7. The minimum Gasteiger partial charge on any atom is -0.489 e. The number of hydrogen-bond donors (Lipinski definition) is 2. The van der Waals surface area contributed by atoms with E-state index in [-0.39, 0.29) is 18.0 Å². The average molecular weight is 592 g/mol. The van der Waals surface area contributed by atoms with Gasteiger partial charge in [0.25, 0.3) is 0 Å². The highest BCUT2D eigenvalue weighted by atomic mass is 32.2. The molecule has 2 N–H and O–H groups in total. The number of halogens is 3. The lowest BCUT2D eigenvalue weighted by Gasteiger charge is -2.20. The van der Waals surface area contributed by atoms with Crippen molar-refractivity contribution < 1.29 is 45.8 Å². The van der Waals surface area contributed by atoms with E-state index < -0.39 is 45.0 Å². The number of fused-ring (bicyclic) bond motifs is 1. The second-order valence-electron chi connectivity index (χ2n) is 9.97. The molecular weight excluding hydrogens is 563 g/mol. The van der Waals surface area contributed by atoms with Gasteiger partial charge in [0, 0.05) is 12.0 Å². The number of rotatable bonds is 10. The highest BCUT2D eigenvalue weighted by molar-refractivity contribution is 7.89. The number of ketones is 1. The quantitative estimate of drug-likeness (QED) is 0.309. The first-order valence-corrected chi connectivity index (χ1v) is 14.2. The number of carbonyl (C=O) groups excluding carboxylic acids is 1. The molecule has 218 valence electrons. The molecule has 4 rings (SSSR count). The molecule has 1 atom stereocenters. The maximum Gasteiger partial charge on any atom is 0.573 e.